The van der Waals surface area contributed by atoms with Gasteiger partial charge in [-0.1, -0.05) is 38.5 Å². The summed E-state index contributed by atoms with van der Waals surface area (Å²) in [6, 6.07) is 4.90. The second-order valence-corrected chi connectivity index (χ2v) is 10.8. The van der Waals surface area contributed by atoms with E-state index < -0.39 is 10.0 Å². The van der Waals surface area contributed by atoms with Crippen LogP contribution in [0.5, 0.6) is 0 Å². The first-order valence-corrected chi connectivity index (χ1v) is 12.5. The van der Waals surface area contributed by atoms with E-state index in [0.717, 1.165) is 18.4 Å². The van der Waals surface area contributed by atoms with E-state index in [1.807, 2.05) is 18.4 Å². The predicted octanol–water partition coefficient (Wildman–Crippen LogP) is 3.13. The molecule has 1 amide bonds. The molecule has 9 heteroatoms. The number of hydrogen-bond acceptors (Lipinski definition) is 5. The first-order valence-electron chi connectivity index (χ1n) is 10.1. The minimum Gasteiger partial charge on any atom is -0.352 e. The van der Waals surface area contributed by atoms with Gasteiger partial charge in [-0.3, -0.25) is 4.79 Å². The quantitative estimate of drug-likeness (QED) is 0.674. The molecule has 3 rings (SSSR count). The molecule has 3 N–H and O–H groups in total. The number of nitrogens with zero attached hydrogens (tertiary/aromatic N) is 2. The third-order valence-corrected chi connectivity index (χ3v) is 8.02. The van der Waals surface area contributed by atoms with Gasteiger partial charge in [0.15, 0.2) is 5.16 Å². The fraction of sp³-hybridized carbons (Fsp3) is 0.600. The van der Waals surface area contributed by atoms with Crippen LogP contribution in [0.15, 0.2) is 28.3 Å². The minimum absolute atomic E-state index is 0.0147. The summed E-state index contributed by atoms with van der Waals surface area (Å²) in [5, 5.41) is 8.85. The van der Waals surface area contributed by atoms with E-state index in [-0.39, 0.29) is 22.1 Å². The summed E-state index contributed by atoms with van der Waals surface area (Å²) in [4.78, 5) is 17.4. The molecule has 1 fully saturated rings. The van der Waals surface area contributed by atoms with Crippen LogP contribution in [0, 0.1) is 11.8 Å². The Morgan fingerprint density at radius 2 is 2.10 bits per heavy atom. The number of nitrogens with one attached hydrogen (secondary N) is 1. The van der Waals surface area contributed by atoms with E-state index in [9.17, 15) is 13.2 Å². The molecule has 0 saturated heterocycles. The van der Waals surface area contributed by atoms with Crippen LogP contribution in [0.3, 0.4) is 0 Å². The molecule has 160 valence electrons. The summed E-state index contributed by atoms with van der Waals surface area (Å²) < 4.78 is 25.2. The van der Waals surface area contributed by atoms with Crippen molar-refractivity contribution in [1.82, 2.24) is 14.9 Å². The van der Waals surface area contributed by atoms with Gasteiger partial charge in [-0.15, -0.1) is 0 Å². The maximum absolute atomic E-state index is 12.8. The van der Waals surface area contributed by atoms with Gasteiger partial charge in [0.2, 0.25) is 15.9 Å². The van der Waals surface area contributed by atoms with E-state index in [1.165, 1.54) is 30.3 Å². The Kier molecular flexibility index (Phi) is 6.60. The normalized spacial score (nSPS) is 23.8. The highest BCUT2D eigenvalue weighted by Gasteiger charge is 2.30. The zero-order valence-electron chi connectivity index (χ0n) is 17.4. The zero-order valence-corrected chi connectivity index (χ0v) is 19.0. The predicted molar refractivity (Wildman–Crippen MR) is 116 cm³/mol. The van der Waals surface area contributed by atoms with Crippen LogP contribution in [0.2, 0.25) is 0 Å². The van der Waals surface area contributed by atoms with Crippen LogP contribution < -0.4 is 10.5 Å². The van der Waals surface area contributed by atoms with Gasteiger partial charge >= 0.3 is 0 Å². The summed E-state index contributed by atoms with van der Waals surface area (Å²) in [5.41, 5.74) is 1.38. The number of imidazole rings is 1. The van der Waals surface area contributed by atoms with Crippen LogP contribution in [0.4, 0.5) is 0 Å². The Hall–Kier alpha value is -1.58. The van der Waals surface area contributed by atoms with E-state index >= 15 is 0 Å². The number of aryl methyl sites for hydroxylation is 1. The van der Waals surface area contributed by atoms with Gasteiger partial charge in [0.05, 0.1) is 21.2 Å². The molecule has 1 heterocycles. The standard InChI is InChI=1S/C20H30N4O3S2/c1-5-24-18-10-9-15(29(21,26)27)11-17(18)23-20(24)28-14(4)19(25)22-16-8-6-7-12(2)13(16)3/h9-14,16H,5-8H2,1-4H3,(H,22,25)(H2,21,26,27)/t12-,13-,14-,16-/m0/s1. The van der Waals surface area contributed by atoms with Crippen molar-refractivity contribution in [2.24, 2.45) is 17.0 Å². The Morgan fingerprint density at radius 3 is 2.76 bits per heavy atom. The number of amides is 1. The van der Waals surface area contributed by atoms with E-state index in [1.54, 1.807) is 6.07 Å². The smallest absolute Gasteiger partial charge is 0.238 e. The van der Waals surface area contributed by atoms with Crippen molar-refractivity contribution in [1.29, 1.82) is 0 Å². The number of fused-ring (bicyclic) bond motifs is 1. The Balaban J connectivity index is 1.78. The average Bonchev–Trinajstić information content (AvgIpc) is 3.00. The van der Waals surface area contributed by atoms with Crippen LogP contribution >= 0.6 is 11.8 Å². The van der Waals surface area contributed by atoms with Crippen molar-refractivity contribution in [3.8, 4) is 0 Å². The van der Waals surface area contributed by atoms with Gasteiger partial charge in [-0.05, 0) is 50.3 Å². The van der Waals surface area contributed by atoms with Gasteiger partial charge < -0.3 is 9.88 Å². The minimum atomic E-state index is -3.79. The molecule has 4 atom stereocenters. The Morgan fingerprint density at radius 1 is 1.38 bits per heavy atom. The number of aromatic nitrogens is 2. The van der Waals surface area contributed by atoms with Gasteiger partial charge in [-0.25, -0.2) is 18.5 Å². The summed E-state index contributed by atoms with van der Waals surface area (Å²) in [6.07, 6.45) is 3.40. The molecule has 1 aliphatic carbocycles. The van der Waals surface area contributed by atoms with Crippen molar-refractivity contribution in [2.75, 3.05) is 0 Å². The zero-order chi connectivity index (χ0) is 21.3. The number of hydrogen-bond donors (Lipinski definition) is 2. The second-order valence-electron chi connectivity index (χ2n) is 7.98. The number of nitrogens with two attached hydrogens (primary N) is 1. The number of benzene rings is 1. The topological polar surface area (TPSA) is 107 Å². The first kappa shape index (κ1) is 22.1. The van der Waals surface area contributed by atoms with Gasteiger partial charge in [-0.2, -0.15) is 0 Å². The molecule has 2 aromatic rings. The maximum Gasteiger partial charge on any atom is 0.238 e. The lowest BCUT2D eigenvalue weighted by molar-refractivity contribution is -0.121. The molecule has 1 saturated carbocycles. The molecule has 1 aliphatic rings. The highest BCUT2D eigenvalue weighted by atomic mass is 32.2. The van der Waals surface area contributed by atoms with E-state index in [0.29, 0.717) is 29.1 Å². The van der Waals surface area contributed by atoms with E-state index in [2.05, 4.69) is 24.1 Å². The lowest BCUT2D eigenvalue weighted by Gasteiger charge is -2.35. The third-order valence-electron chi connectivity index (χ3n) is 6.02. The third kappa shape index (κ3) is 4.78. The molecule has 0 radical (unpaired) electrons. The number of thioether (sulfide) groups is 1. The van der Waals surface area contributed by atoms with Crippen LogP contribution in [0.25, 0.3) is 11.0 Å². The first-order chi connectivity index (χ1) is 13.6. The van der Waals surface area contributed by atoms with Crippen LogP contribution in [-0.4, -0.2) is 35.2 Å². The van der Waals surface area contributed by atoms with Crippen molar-refractivity contribution >= 4 is 38.7 Å². The lowest BCUT2D eigenvalue weighted by Crippen LogP contribution is -2.46. The molecule has 0 aliphatic heterocycles. The highest BCUT2D eigenvalue weighted by Crippen LogP contribution is 2.31. The Labute approximate surface area is 176 Å². The SMILES string of the molecule is CCn1c(S[C@@H](C)C(=O)N[C@H]2CCC[C@H](C)[C@@H]2C)nc2cc(S(N)(=O)=O)ccc21. The molecule has 1 aromatic carbocycles. The molecule has 0 spiro atoms. The number of carbonyl (C=O) groups is 1. The maximum atomic E-state index is 12.8. The summed E-state index contributed by atoms with van der Waals surface area (Å²) in [6.45, 7) is 9.01. The van der Waals surface area contributed by atoms with Gasteiger partial charge in [0, 0.05) is 12.6 Å². The molecule has 7 nitrogen and oxygen atoms in total. The number of rotatable bonds is 6. The largest absolute Gasteiger partial charge is 0.352 e. The average molecular weight is 439 g/mol. The number of carbonyl (C=O) groups excluding carboxylic acids is 1. The molecule has 29 heavy (non-hydrogen) atoms. The van der Waals surface area contributed by atoms with Crippen LogP contribution in [0.1, 0.15) is 47.0 Å². The van der Waals surface area contributed by atoms with Crippen molar-refractivity contribution in [3.63, 3.8) is 0 Å². The summed E-state index contributed by atoms with van der Waals surface area (Å²) in [7, 11) is -3.79. The van der Waals surface area contributed by atoms with E-state index in [4.69, 9.17) is 5.14 Å². The van der Waals surface area contributed by atoms with Gasteiger partial charge in [0.25, 0.3) is 0 Å². The van der Waals surface area contributed by atoms with Crippen molar-refractivity contribution < 1.29 is 13.2 Å². The fourth-order valence-corrected chi connectivity index (χ4v) is 5.49. The molecular weight excluding hydrogens is 408 g/mol. The Bertz CT molecular complexity index is 1000. The van der Waals surface area contributed by atoms with Crippen LogP contribution in [-0.2, 0) is 21.4 Å². The van der Waals surface area contributed by atoms with Crippen molar-refractivity contribution in [3.05, 3.63) is 18.2 Å². The number of sulfonamides is 1. The van der Waals surface area contributed by atoms with Crippen molar-refractivity contribution in [2.45, 2.75) is 74.8 Å². The van der Waals surface area contributed by atoms with Gasteiger partial charge in [0.1, 0.15) is 0 Å². The molecule has 0 bridgehead atoms. The monoisotopic (exact) mass is 438 g/mol. The number of primary sulfonamides is 1. The highest BCUT2D eigenvalue weighted by molar-refractivity contribution is 8.00. The molecular formula is C20H30N4O3S2. The fourth-order valence-electron chi connectivity index (χ4n) is 3.96. The molecule has 0 unspecified atom stereocenters. The lowest BCUT2D eigenvalue weighted by atomic mass is 9.78. The summed E-state index contributed by atoms with van der Waals surface area (Å²) >= 11 is 1.39. The molecule has 1 aromatic heterocycles. The summed E-state index contributed by atoms with van der Waals surface area (Å²) in [5.74, 6) is 1.11. The second kappa shape index (κ2) is 8.65.